The number of phenolic OH excluding ortho intramolecular Hbond substituents is 1. The number of fused-ring (bicyclic) bond motifs is 2. The van der Waals surface area contributed by atoms with Crippen molar-refractivity contribution in [2.24, 2.45) is 0 Å². The topological polar surface area (TPSA) is 96.3 Å². The van der Waals surface area contributed by atoms with Crippen molar-refractivity contribution >= 4 is 5.82 Å². The highest BCUT2D eigenvalue weighted by molar-refractivity contribution is 5.73. The van der Waals surface area contributed by atoms with Gasteiger partial charge in [-0.15, -0.1) is 10.2 Å². The van der Waals surface area contributed by atoms with Crippen molar-refractivity contribution in [1.82, 2.24) is 25.5 Å². The quantitative estimate of drug-likeness (QED) is 0.472. The van der Waals surface area contributed by atoms with Gasteiger partial charge in [0.15, 0.2) is 11.6 Å². The van der Waals surface area contributed by atoms with Crippen LogP contribution in [-0.2, 0) is 0 Å². The molecule has 0 unspecified atom stereocenters. The molecule has 2 aromatic heterocycles. The molecule has 2 saturated heterocycles. The smallest absolute Gasteiger partial charge is 0.216 e. The lowest BCUT2D eigenvalue weighted by Crippen LogP contribution is -2.67. The first-order chi connectivity index (χ1) is 17.8. The SMILES string of the molecule is COc1cc(-c2ccc(-c3ncc(N(C4CC4)[C@H]4C[C@]5(C)CCC[C@H](N5)[C@H]4F)nn3)c(O)c2)cc(F)n1. The first kappa shape index (κ1) is 24.0. The molecule has 1 aromatic carbocycles. The number of nitrogens with one attached hydrogen (secondary N) is 1. The molecule has 0 radical (unpaired) electrons. The van der Waals surface area contributed by atoms with Gasteiger partial charge >= 0.3 is 0 Å². The number of phenols is 1. The molecule has 2 aliphatic heterocycles. The predicted octanol–water partition coefficient (Wildman–Crippen LogP) is 4.43. The number of nitrogens with zero attached hydrogens (tertiary/aromatic N) is 5. The van der Waals surface area contributed by atoms with E-state index in [4.69, 9.17) is 4.74 Å². The number of rotatable bonds is 6. The van der Waals surface area contributed by atoms with Crippen LogP contribution in [0.4, 0.5) is 14.6 Å². The second-order valence-electron chi connectivity index (χ2n) is 10.7. The highest BCUT2D eigenvalue weighted by Crippen LogP contribution is 2.42. The minimum atomic E-state index is -0.983. The van der Waals surface area contributed by atoms with Crippen LogP contribution in [0.5, 0.6) is 11.6 Å². The fourth-order valence-electron chi connectivity index (χ4n) is 5.93. The maximum absolute atomic E-state index is 15.6. The lowest BCUT2D eigenvalue weighted by Gasteiger charge is -2.52. The molecule has 1 aliphatic carbocycles. The summed E-state index contributed by atoms with van der Waals surface area (Å²) in [6.07, 6.45) is 6.31. The number of pyridine rings is 1. The maximum Gasteiger partial charge on any atom is 0.216 e. The molecule has 3 fully saturated rings. The standard InChI is InChI=1S/C27H30F2N6O2/c1-27-9-3-4-19(32-27)25(29)20(13-27)35(17-6-7-17)23-14-30-26(34-33-23)18-8-5-15(10-21(18)36)16-11-22(28)31-24(12-16)37-2/h5,8,10-12,14,17,19-20,25,32,36H,3-4,6-7,9,13H2,1-2H3/t19-,20-,25+,27-/m0/s1. The van der Waals surface area contributed by atoms with Crippen LogP contribution in [0.1, 0.15) is 45.4 Å². The zero-order chi connectivity index (χ0) is 25.7. The van der Waals surface area contributed by atoms with E-state index in [2.05, 4.69) is 37.3 Å². The Kier molecular flexibility index (Phi) is 5.94. The molecule has 10 heteroatoms. The van der Waals surface area contributed by atoms with Gasteiger partial charge in [0.2, 0.25) is 11.8 Å². The Morgan fingerprint density at radius 2 is 1.97 bits per heavy atom. The highest BCUT2D eigenvalue weighted by Gasteiger charge is 2.50. The fourth-order valence-corrected chi connectivity index (χ4v) is 5.93. The second kappa shape index (κ2) is 9.16. The van der Waals surface area contributed by atoms with E-state index in [9.17, 15) is 9.50 Å². The number of aromatic hydroxyl groups is 1. The van der Waals surface area contributed by atoms with Gasteiger partial charge in [0.25, 0.3) is 0 Å². The number of methoxy groups -OCH3 is 1. The van der Waals surface area contributed by atoms with Gasteiger partial charge in [0, 0.05) is 29.8 Å². The van der Waals surface area contributed by atoms with Crippen LogP contribution in [0.2, 0.25) is 0 Å². The summed E-state index contributed by atoms with van der Waals surface area (Å²) >= 11 is 0. The van der Waals surface area contributed by atoms with Crippen molar-refractivity contribution in [1.29, 1.82) is 0 Å². The molecule has 194 valence electrons. The zero-order valence-corrected chi connectivity index (χ0v) is 20.9. The molecule has 37 heavy (non-hydrogen) atoms. The van der Waals surface area contributed by atoms with Crippen molar-refractivity contribution < 1.29 is 18.6 Å². The number of hydrogen-bond donors (Lipinski definition) is 2. The highest BCUT2D eigenvalue weighted by atomic mass is 19.1. The molecule has 2 N–H and O–H groups in total. The van der Waals surface area contributed by atoms with Crippen LogP contribution in [0.3, 0.4) is 0 Å². The summed E-state index contributed by atoms with van der Waals surface area (Å²) in [4.78, 5) is 10.2. The lowest BCUT2D eigenvalue weighted by molar-refractivity contribution is 0.0584. The Balaban J connectivity index is 1.27. The van der Waals surface area contributed by atoms with Crippen molar-refractivity contribution in [3.63, 3.8) is 0 Å². The zero-order valence-electron chi connectivity index (χ0n) is 20.9. The van der Waals surface area contributed by atoms with Crippen LogP contribution in [0, 0.1) is 5.95 Å². The van der Waals surface area contributed by atoms with Gasteiger partial charge in [-0.25, -0.2) is 9.37 Å². The summed E-state index contributed by atoms with van der Waals surface area (Å²) in [6, 6.07) is 7.61. The van der Waals surface area contributed by atoms with Gasteiger partial charge < -0.3 is 20.1 Å². The van der Waals surface area contributed by atoms with Crippen LogP contribution in [0.25, 0.3) is 22.5 Å². The van der Waals surface area contributed by atoms with Gasteiger partial charge in [-0.3, -0.25) is 0 Å². The van der Waals surface area contributed by atoms with Crippen LogP contribution in [-0.4, -0.2) is 62.2 Å². The third kappa shape index (κ3) is 4.58. The van der Waals surface area contributed by atoms with E-state index in [0.717, 1.165) is 32.1 Å². The summed E-state index contributed by atoms with van der Waals surface area (Å²) in [6.45, 7) is 2.19. The summed E-state index contributed by atoms with van der Waals surface area (Å²) in [7, 11) is 1.41. The van der Waals surface area contributed by atoms with Gasteiger partial charge in [0.1, 0.15) is 11.9 Å². The Morgan fingerprint density at radius 1 is 1.14 bits per heavy atom. The molecule has 8 nitrogen and oxygen atoms in total. The van der Waals surface area contributed by atoms with E-state index in [1.165, 1.54) is 19.2 Å². The lowest BCUT2D eigenvalue weighted by atomic mass is 9.74. The number of benzene rings is 1. The van der Waals surface area contributed by atoms with Gasteiger partial charge in [-0.1, -0.05) is 6.07 Å². The molecular formula is C27H30F2N6O2. The van der Waals surface area contributed by atoms with Gasteiger partial charge in [0.05, 0.1) is 24.9 Å². The molecule has 4 atom stereocenters. The minimum Gasteiger partial charge on any atom is -0.507 e. The first-order valence-electron chi connectivity index (χ1n) is 12.8. The van der Waals surface area contributed by atoms with Gasteiger partial charge in [-0.2, -0.15) is 9.37 Å². The molecule has 4 heterocycles. The van der Waals surface area contributed by atoms with E-state index in [1.807, 2.05) is 0 Å². The summed E-state index contributed by atoms with van der Waals surface area (Å²) in [5, 5.41) is 23.0. The average molecular weight is 509 g/mol. The van der Waals surface area contributed by atoms with Crippen LogP contribution >= 0.6 is 0 Å². The van der Waals surface area contributed by atoms with Gasteiger partial charge in [-0.05, 0) is 68.7 Å². The Hall–Kier alpha value is -3.40. The van der Waals surface area contributed by atoms with E-state index in [1.54, 1.807) is 24.4 Å². The number of alkyl halides is 1. The van der Waals surface area contributed by atoms with Crippen molar-refractivity contribution in [3.8, 4) is 34.1 Å². The minimum absolute atomic E-state index is 0.0646. The van der Waals surface area contributed by atoms with Crippen molar-refractivity contribution in [2.75, 3.05) is 12.0 Å². The van der Waals surface area contributed by atoms with Crippen molar-refractivity contribution in [2.45, 2.75) is 75.3 Å². The molecule has 3 aliphatic rings. The molecule has 6 rings (SSSR count). The monoisotopic (exact) mass is 508 g/mol. The molecule has 0 spiro atoms. The Labute approximate surface area is 214 Å². The van der Waals surface area contributed by atoms with E-state index < -0.39 is 12.1 Å². The number of anilines is 1. The third-order valence-corrected chi connectivity index (χ3v) is 7.85. The Morgan fingerprint density at radius 3 is 2.68 bits per heavy atom. The summed E-state index contributed by atoms with van der Waals surface area (Å²) < 4.78 is 34.5. The molecular weight excluding hydrogens is 478 g/mol. The fraction of sp³-hybridized carbons (Fsp3) is 0.481. The summed E-state index contributed by atoms with van der Waals surface area (Å²) in [5.74, 6) is 0.225. The number of ether oxygens (including phenoxy) is 1. The molecule has 2 bridgehead atoms. The molecule has 0 amide bonds. The van der Waals surface area contributed by atoms with Crippen LogP contribution in [0.15, 0.2) is 36.5 Å². The number of aromatic nitrogens is 4. The molecule has 3 aromatic rings. The predicted molar refractivity (Wildman–Crippen MR) is 135 cm³/mol. The normalized spacial score (nSPS) is 27.1. The Bertz CT molecular complexity index is 1300. The number of hydrogen-bond acceptors (Lipinski definition) is 8. The largest absolute Gasteiger partial charge is 0.507 e. The second-order valence-corrected chi connectivity index (χ2v) is 10.7. The van der Waals surface area contributed by atoms with Crippen LogP contribution < -0.4 is 15.0 Å². The summed E-state index contributed by atoms with van der Waals surface area (Å²) in [5.41, 5.74) is 1.43. The molecule has 1 saturated carbocycles. The van der Waals surface area contributed by atoms with E-state index in [0.29, 0.717) is 28.9 Å². The number of piperidine rings is 2. The number of halogens is 2. The maximum atomic E-state index is 15.6. The third-order valence-electron chi connectivity index (χ3n) is 7.85. The van der Waals surface area contributed by atoms with Crippen molar-refractivity contribution in [3.05, 3.63) is 42.5 Å². The first-order valence-corrected chi connectivity index (χ1v) is 12.8. The van der Waals surface area contributed by atoms with E-state index >= 15 is 4.39 Å². The van der Waals surface area contributed by atoms with E-state index in [-0.39, 0.29) is 41.1 Å². The average Bonchev–Trinajstić information content (AvgIpc) is 3.72.